The van der Waals surface area contributed by atoms with Crippen molar-refractivity contribution in [3.8, 4) is 11.4 Å². The molecule has 0 amide bonds. The molecule has 2 heterocycles. The molecule has 3 aromatic rings. The number of pyridine rings is 1. The van der Waals surface area contributed by atoms with Crippen molar-refractivity contribution in [1.29, 1.82) is 0 Å². The van der Waals surface area contributed by atoms with E-state index >= 15 is 0 Å². The highest BCUT2D eigenvalue weighted by molar-refractivity contribution is 5.91. The van der Waals surface area contributed by atoms with Gasteiger partial charge in [-0.05, 0) is 18.2 Å². The van der Waals surface area contributed by atoms with E-state index in [-0.39, 0.29) is 5.65 Å². The van der Waals surface area contributed by atoms with Gasteiger partial charge in [0.2, 0.25) is 0 Å². The molecular formula is C15H9F4N3O4. The summed E-state index contributed by atoms with van der Waals surface area (Å²) in [6.45, 7) is -1.78. The van der Waals surface area contributed by atoms with E-state index in [4.69, 9.17) is 5.11 Å². The van der Waals surface area contributed by atoms with Crippen LogP contribution in [0.3, 0.4) is 0 Å². The van der Waals surface area contributed by atoms with E-state index in [0.29, 0.717) is 16.8 Å². The largest absolute Gasteiger partial charge is 0.483 e. The number of halogens is 4. The zero-order valence-electron chi connectivity index (χ0n) is 12.7. The fourth-order valence-corrected chi connectivity index (χ4v) is 2.23. The van der Waals surface area contributed by atoms with Gasteiger partial charge in [-0.3, -0.25) is 0 Å². The number of fused-ring (bicyclic) bond motifs is 1. The summed E-state index contributed by atoms with van der Waals surface area (Å²) < 4.78 is 57.6. The zero-order valence-corrected chi connectivity index (χ0v) is 12.7. The minimum atomic E-state index is -4.73. The van der Waals surface area contributed by atoms with Gasteiger partial charge in [-0.15, -0.1) is 5.10 Å². The molecule has 1 aromatic carbocycles. The summed E-state index contributed by atoms with van der Waals surface area (Å²) in [5.41, 5.74) is -1.98. The van der Waals surface area contributed by atoms with Crippen LogP contribution in [0, 0.1) is 5.82 Å². The summed E-state index contributed by atoms with van der Waals surface area (Å²) in [6.07, 6.45) is -3.37. The van der Waals surface area contributed by atoms with Gasteiger partial charge in [0, 0.05) is 12.3 Å². The van der Waals surface area contributed by atoms with E-state index in [0.717, 1.165) is 4.40 Å². The number of hydrogen-bond donors (Lipinski definition) is 1. The Morgan fingerprint density at radius 1 is 1.27 bits per heavy atom. The van der Waals surface area contributed by atoms with E-state index in [9.17, 15) is 27.2 Å². The Bertz CT molecular complexity index is 1060. The van der Waals surface area contributed by atoms with Crippen LogP contribution in [0.25, 0.3) is 11.3 Å². The number of aromatic nitrogens is 3. The van der Waals surface area contributed by atoms with Crippen molar-refractivity contribution in [2.45, 2.75) is 6.18 Å². The van der Waals surface area contributed by atoms with Crippen LogP contribution in [-0.2, 0) is 0 Å². The predicted molar refractivity (Wildman–Crippen MR) is 79.3 cm³/mol. The fourth-order valence-electron chi connectivity index (χ4n) is 2.23. The number of benzene rings is 1. The third-order valence-corrected chi connectivity index (χ3v) is 3.33. The first-order chi connectivity index (χ1) is 12.2. The molecule has 0 radical (unpaired) electrons. The Morgan fingerprint density at radius 2 is 2.00 bits per heavy atom. The highest BCUT2D eigenvalue weighted by Gasteiger charge is 2.30. The number of ether oxygens (including phenoxy) is 1. The number of carboxylic acids is 1. The minimum absolute atomic E-state index is 0.164. The van der Waals surface area contributed by atoms with Gasteiger partial charge < -0.3 is 9.84 Å². The number of carboxylic acid groups (broad SMARTS) is 1. The highest BCUT2D eigenvalue weighted by Crippen LogP contribution is 2.27. The van der Waals surface area contributed by atoms with Crippen molar-refractivity contribution >= 4 is 11.6 Å². The second kappa shape index (κ2) is 6.17. The average Bonchev–Trinajstić information content (AvgIpc) is 2.89. The predicted octanol–water partition coefficient (Wildman–Crippen LogP) is 2.26. The Morgan fingerprint density at radius 3 is 2.62 bits per heavy atom. The maximum absolute atomic E-state index is 14.3. The summed E-state index contributed by atoms with van der Waals surface area (Å²) >= 11 is 0. The summed E-state index contributed by atoms with van der Waals surface area (Å²) in [5.74, 6) is -3.59. The second-order valence-electron chi connectivity index (χ2n) is 5.13. The van der Waals surface area contributed by atoms with Crippen LogP contribution in [0.15, 0.2) is 41.3 Å². The molecular weight excluding hydrogens is 362 g/mol. The summed E-state index contributed by atoms with van der Waals surface area (Å²) in [5, 5.41) is 12.9. The molecule has 0 aliphatic heterocycles. The molecule has 0 aliphatic rings. The molecule has 0 saturated heterocycles. The van der Waals surface area contributed by atoms with Gasteiger partial charge in [-0.25, -0.2) is 18.4 Å². The van der Waals surface area contributed by atoms with Gasteiger partial charge in [0.1, 0.15) is 22.8 Å². The van der Waals surface area contributed by atoms with Gasteiger partial charge in [-0.1, -0.05) is 6.07 Å². The van der Waals surface area contributed by atoms with Crippen molar-refractivity contribution in [3.63, 3.8) is 0 Å². The second-order valence-corrected chi connectivity index (χ2v) is 5.13. The van der Waals surface area contributed by atoms with Crippen LogP contribution in [0.4, 0.5) is 17.6 Å². The average molecular weight is 371 g/mol. The van der Waals surface area contributed by atoms with Crippen molar-refractivity contribution < 1.29 is 32.2 Å². The third-order valence-electron chi connectivity index (χ3n) is 3.33. The van der Waals surface area contributed by atoms with Gasteiger partial charge in [0.15, 0.2) is 12.3 Å². The van der Waals surface area contributed by atoms with E-state index in [1.807, 2.05) is 0 Å². The maximum Gasteiger partial charge on any atom is 0.422 e. The summed E-state index contributed by atoms with van der Waals surface area (Å²) in [4.78, 5) is 23.4. The van der Waals surface area contributed by atoms with Crippen LogP contribution < -0.4 is 10.4 Å². The van der Waals surface area contributed by atoms with Crippen LogP contribution in [0.1, 0.15) is 10.4 Å². The van der Waals surface area contributed by atoms with Crippen molar-refractivity contribution in [2.75, 3.05) is 6.61 Å². The lowest BCUT2D eigenvalue weighted by atomic mass is 10.1. The van der Waals surface area contributed by atoms with Gasteiger partial charge in [0.05, 0.1) is 0 Å². The number of hydrogen-bond acceptors (Lipinski definition) is 4. The summed E-state index contributed by atoms with van der Waals surface area (Å²) in [6, 6.07) is 5.73. The van der Waals surface area contributed by atoms with Crippen LogP contribution in [0.5, 0.6) is 5.75 Å². The lowest BCUT2D eigenvalue weighted by Gasteiger charge is -2.13. The third kappa shape index (κ3) is 3.23. The molecule has 0 fully saturated rings. The first-order valence-electron chi connectivity index (χ1n) is 7.00. The zero-order chi connectivity index (χ0) is 19.1. The van der Waals surface area contributed by atoms with E-state index in [2.05, 4.69) is 9.84 Å². The monoisotopic (exact) mass is 371 g/mol. The molecule has 7 nitrogen and oxygen atoms in total. The minimum Gasteiger partial charge on any atom is -0.483 e. The number of nitrogens with zero attached hydrogens (tertiary/aromatic N) is 3. The molecule has 26 heavy (non-hydrogen) atoms. The fraction of sp³-hybridized carbons (Fsp3) is 0.133. The highest BCUT2D eigenvalue weighted by atomic mass is 19.4. The molecule has 11 heteroatoms. The lowest BCUT2D eigenvalue weighted by Crippen LogP contribution is -2.22. The topological polar surface area (TPSA) is 85.8 Å². The first kappa shape index (κ1) is 17.5. The molecule has 0 atom stereocenters. The Balaban J connectivity index is 2.16. The Kier molecular flexibility index (Phi) is 4.14. The van der Waals surface area contributed by atoms with Crippen LogP contribution in [0.2, 0.25) is 0 Å². The first-order valence-corrected chi connectivity index (χ1v) is 7.00. The Labute approximate surface area is 141 Å². The van der Waals surface area contributed by atoms with Gasteiger partial charge in [-0.2, -0.15) is 17.9 Å². The van der Waals surface area contributed by atoms with E-state index in [1.54, 1.807) is 6.07 Å². The molecule has 0 unspecified atom stereocenters. The number of rotatable bonds is 4. The van der Waals surface area contributed by atoms with Gasteiger partial charge in [0.25, 0.3) is 0 Å². The normalized spacial score (nSPS) is 11.7. The quantitative estimate of drug-likeness (QED) is 0.711. The maximum atomic E-state index is 14.3. The molecule has 0 spiro atoms. The molecule has 0 bridgehead atoms. The van der Waals surface area contributed by atoms with Crippen molar-refractivity contribution in [2.24, 2.45) is 0 Å². The Hall–Kier alpha value is -3.37. The SMILES string of the molecule is O=C(O)c1cc(F)c(-n2nc3ccccn3c2=O)cc1OCC(F)(F)F. The van der Waals surface area contributed by atoms with E-state index in [1.165, 1.54) is 18.3 Å². The standard InChI is InChI=1S/C15H9F4N3O4/c16-9-5-8(13(23)24)11(26-7-15(17,18)19)6-10(9)22-14(25)21-4-2-1-3-12(21)20-22/h1-6H,7H2,(H,23,24). The van der Waals surface area contributed by atoms with Crippen LogP contribution in [-0.4, -0.2) is 38.0 Å². The molecule has 0 aliphatic carbocycles. The number of aromatic carboxylic acids is 1. The van der Waals surface area contributed by atoms with E-state index < -0.39 is 47.3 Å². The molecule has 136 valence electrons. The number of alkyl halides is 3. The molecule has 0 saturated carbocycles. The number of carbonyl (C=O) groups is 1. The van der Waals surface area contributed by atoms with Crippen LogP contribution >= 0.6 is 0 Å². The smallest absolute Gasteiger partial charge is 0.422 e. The summed E-state index contributed by atoms with van der Waals surface area (Å²) in [7, 11) is 0. The molecule has 1 N–H and O–H groups in total. The molecule has 3 rings (SSSR count). The van der Waals surface area contributed by atoms with Gasteiger partial charge >= 0.3 is 17.8 Å². The van der Waals surface area contributed by atoms with Crippen molar-refractivity contribution in [1.82, 2.24) is 14.2 Å². The molecule has 2 aromatic heterocycles. The lowest BCUT2D eigenvalue weighted by molar-refractivity contribution is -0.153. The van der Waals surface area contributed by atoms with Crippen molar-refractivity contribution in [3.05, 3.63) is 58.4 Å².